The lowest BCUT2D eigenvalue weighted by Crippen LogP contribution is -2.33. The standard InChI is InChI=1S/C8H9ClN2O3/c9-4-2-1-3-11-6(4)5(10)7(12)8(13)14/h1-3,5,7,12H,10H2,(H,13,14). The Labute approximate surface area is 85.1 Å². The van der Waals surface area contributed by atoms with Gasteiger partial charge >= 0.3 is 5.97 Å². The molecule has 14 heavy (non-hydrogen) atoms. The molecule has 2 atom stereocenters. The first-order valence-electron chi connectivity index (χ1n) is 3.81. The van der Waals surface area contributed by atoms with Gasteiger partial charge in [0.1, 0.15) is 0 Å². The molecule has 0 fully saturated rings. The molecule has 0 aliphatic rings. The second-order valence-corrected chi connectivity index (χ2v) is 3.09. The Morgan fingerprint density at radius 2 is 2.29 bits per heavy atom. The van der Waals surface area contributed by atoms with Gasteiger partial charge in [0.05, 0.1) is 16.8 Å². The molecular weight excluding hydrogens is 208 g/mol. The number of carbonyl (C=O) groups is 1. The summed E-state index contributed by atoms with van der Waals surface area (Å²) in [6.45, 7) is 0. The molecule has 5 nitrogen and oxygen atoms in total. The first-order chi connectivity index (χ1) is 6.54. The maximum atomic E-state index is 10.4. The number of aromatic nitrogens is 1. The van der Waals surface area contributed by atoms with Gasteiger partial charge < -0.3 is 15.9 Å². The number of carboxylic acids is 1. The van der Waals surface area contributed by atoms with E-state index in [1.807, 2.05) is 0 Å². The number of aliphatic hydroxyl groups is 1. The largest absolute Gasteiger partial charge is 0.479 e. The van der Waals surface area contributed by atoms with Gasteiger partial charge in [-0.15, -0.1) is 0 Å². The maximum Gasteiger partial charge on any atom is 0.334 e. The van der Waals surface area contributed by atoms with E-state index in [1.165, 1.54) is 12.3 Å². The van der Waals surface area contributed by atoms with Crippen molar-refractivity contribution < 1.29 is 15.0 Å². The van der Waals surface area contributed by atoms with Gasteiger partial charge in [-0.3, -0.25) is 4.98 Å². The van der Waals surface area contributed by atoms with Crippen LogP contribution in [-0.4, -0.2) is 27.3 Å². The predicted molar refractivity (Wildman–Crippen MR) is 49.8 cm³/mol. The van der Waals surface area contributed by atoms with Crippen LogP contribution in [0.2, 0.25) is 5.02 Å². The summed E-state index contributed by atoms with van der Waals surface area (Å²) in [6, 6.07) is 1.99. The van der Waals surface area contributed by atoms with E-state index in [2.05, 4.69) is 4.98 Å². The number of aliphatic hydroxyl groups excluding tert-OH is 1. The van der Waals surface area contributed by atoms with Crippen LogP contribution < -0.4 is 5.73 Å². The number of nitrogens with two attached hydrogens (primary N) is 1. The van der Waals surface area contributed by atoms with Gasteiger partial charge in [-0.25, -0.2) is 4.79 Å². The summed E-state index contributed by atoms with van der Waals surface area (Å²) in [6.07, 6.45) is -0.280. The van der Waals surface area contributed by atoms with Crippen molar-refractivity contribution in [1.29, 1.82) is 0 Å². The molecule has 6 heteroatoms. The maximum absolute atomic E-state index is 10.4. The SMILES string of the molecule is NC(c1ncccc1Cl)C(O)C(=O)O. The van der Waals surface area contributed by atoms with Gasteiger partial charge in [0.25, 0.3) is 0 Å². The summed E-state index contributed by atoms with van der Waals surface area (Å²) in [5.74, 6) is -1.40. The van der Waals surface area contributed by atoms with Gasteiger partial charge in [0.15, 0.2) is 6.10 Å². The molecule has 0 aliphatic carbocycles. The lowest BCUT2D eigenvalue weighted by atomic mass is 10.1. The Balaban J connectivity index is 2.94. The van der Waals surface area contributed by atoms with Gasteiger partial charge in [-0.1, -0.05) is 11.6 Å². The fraction of sp³-hybridized carbons (Fsp3) is 0.250. The number of rotatable bonds is 3. The monoisotopic (exact) mass is 216 g/mol. The first kappa shape index (κ1) is 10.9. The summed E-state index contributed by atoms with van der Waals surface area (Å²) < 4.78 is 0. The highest BCUT2D eigenvalue weighted by molar-refractivity contribution is 6.31. The van der Waals surface area contributed by atoms with Crippen LogP contribution in [0, 0.1) is 0 Å². The third-order valence-corrected chi connectivity index (χ3v) is 2.02. The molecule has 1 heterocycles. The van der Waals surface area contributed by atoms with Gasteiger partial charge in [-0.2, -0.15) is 0 Å². The number of nitrogens with zero attached hydrogens (tertiary/aromatic N) is 1. The third kappa shape index (κ3) is 2.20. The van der Waals surface area contributed by atoms with Crippen LogP contribution in [0.15, 0.2) is 18.3 Å². The molecule has 0 spiro atoms. The molecule has 0 saturated carbocycles. The Hall–Kier alpha value is -1.17. The predicted octanol–water partition coefficient (Wildman–Crippen LogP) is 0.180. The normalized spacial score (nSPS) is 14.8. The average Bonchev–Trinajstić information content (AvgIpc) is 2.16. The summed E-state index contributed by atoms with van der Waals surface area (Å²) in [5, 5.41) is 17.9. The molecule has 0 aromatic carbocycles. The number of halogens is 1. The van der Waals surface area contributed by atoms with E-state index in [0.717, 1.165) is 0 Å². The number of aliphatic carboxylic acids is 1. The molecule has 0 amide bonds. The van der Waals surface area contributed by atoms with Crippen molar-refractivity contribution >= 4 is 17.6 Å². The van der Waals surface area contributed by atoms with Crippen LogP contribution in [0.5, 0.6) is 0 Å². The van der Waals surface area contributed by atoms with Gasteiger partial charge in [0, 0.05) is 6.20 Å². The number of pyridine rings is 1. The zero-order chi connectivity index (χ0) is 10.7. The van der Waals surface area contributed by atoms with Crippen LogP contribution in [-0.2, 0) is 4.79 Å². The highest BCUT2D eigenvalue weighted by Gasteiger charge is 2.26. The summed E-state index contributed by atoms with van der Waals surface area (Å²) in [7, 11) is 0. The third-order valence-electron chi connectivity index (χ3n) is 1.70. The molecule has 4 N–H and O–H groups in total. The van der Waals surface area contributed by atoms with Crippen LogP contribution in [0.4, 0.5) is 0 Å². The first-order valence-corrected chi connectivity index (χ1v) is 4.18. The molecule has 1 rings (SSSR count). The van der Waals surface area contributed by atoms with Gasteiger partial charge in [-0.05, 0) is 12.1 Å². The Morgan fingerprint density at radius 1 is 1.64 bits per heavy atom. The minimum Gasteiger partial charge on any atom is -0.479 e. The number of hydrogen-bond donors (Lipinski definition) is 3. The number of carboxylic acid groups (broad SMARTS) is 1. The number of hydrogen-bond acceptors (Lipinski definition) is 4. The van der Waals surface area contributed by atoms with Crippen molar-refractivity contribution in [3.8, 4) is 0 Å². The van der Waals surface area contributed by atoms with Crippen molar-refractivity contribution in [2.45, 2.75) is 12.1 Å². The zero-order valence-electron chi connectivity index (χ0n) is 7.09. The van der Waals surface area contributed by atoms with Crippen molar-refractivity contribution in [3.63, 3.8) is 0 Å². The molecule has 0 saturated heterocycles. The summed E-state index contributed by atoms with van der Waals surface area (Å²) in [5.41, 5.74) is 5.63. The molecule has 0 bridgehead atoms. The zero-order valence-corrected chi connectivity index (χ0v) is 7.85. The molecule has 0 radical (unpaired) electrons. The lowest BCUT2D eigenvalue weighted by molar-refractivity contribution is -0.147. The van der Waals surface area contributed by atoms with E-state index in [-0.39, 0.29) is 10.7 Å². The Kier molecular flexibility index (Phi) is 3.40. The molecule has 2 unspecified atom stereocenters. The molecule has 0 aliphatic heterocycles. The second kappa shape index (κ2) is 4.36. The quantitative estimate of drug-likeness (QED) is 0.670. The van der Waals surface area contributed by atoms with Crippen LogP contribution in [0.3, 0.4) is 0 Å². The van der Waals surface area contributed by atoms with E-state index in [9.17, 15) is 4.79 Å². The molecular formula is C8H9ClN2O3. The fourth-order valence-corrected chi connectivity index (χ4v) is 1.19. The average molecular weight is 217 g/mol. The highest BCUT2D eigenvalue weighted by Crippen LogP contribution is 2.20. The van der Waals surface area contributed by atoms with E-state index < -0.39 is 18.1 Å². The minimum atomic E-state index is -1.71. The second-order valence-electron chi connectivity index (χ2n) is 2.68. The fourth-order valence-electron chi connectivity index (χ4n) is 0.946. The van der Waals surface area contributed by atoms with Crippen molar-refractivity contribution in [3.05, 3.63) is 29.0 Å². The van der Waals surface area contributed by atoms with E-state index in [4.69, 9.17) is 27.5 Å². The molecule has 1 aromatic rings. The Morgan fingerprint density at radius 3 is 2.79 bits per heavy atom. The smallest absolute Gasteiger partial charge is 0.334 e. The van der Waals surface area contributed by atoms with Crippen LogP contribution >= 0.6 is 11.6 Å². The van der Waals surface area contributed by atoms with E-state index >= 15 is 0 Å². The van der Waals surface area contributed by atoms with Crippen LogP contribution in [0.25, 0.3) is 0 Å². The minimum absolute atomic E-state index is 0.170. The summed E-state index contributed by atoms with van der Waals surface area (Å²) >= 11 is 5.72. The van der Waals surface area contributed by atoms with Crippen molar-refractivity contribution in [2.24, 2.45) is 5.73 Å². The Bertz CT molecular complexity index is 345. The highest BCUT2D eigenvalue weighted by atomic mass is 35.5. The topological polar surface area (TPSA) is 96.4 Å². The molecule has 76 valence electrons. The van der Waals surface area contributed by atoms with E-state index in [0.29, 0.717) is 0 Å². The van der Waals surface area contributed by atoms with Crippen molar-refractivity contribution in [1.82, 2.24) is 4.98 Å². The van der Waals surface area contributed by atoms with E-state index in [1.54, 1.807) is 6.07 Å². The van der Waals surface area contributed by atoms with Crippen LogP contribution in [0.1, 0.15) is 11.7 Å². The summed E-state index contributed by atoms with van der Waals surface area (Å²) in [4.78, 5) is 14.2. The lowest BCUT2D eigenvalue weighted by Gasteiger charge is -2.15. The van der Waals surface area contributed by atoms with Gasteiger partial charge in [0.2, 0.25) is 0 Å². The molecule has 1 aromatic heterocycles. The van der Waals surface area contributed by atoms with Crippen molar-refractivity contribution in [2.75, 3.05) is 0 Å².